The van der Waals surface area contributed by atoms with Gasteiger partial charge >= 0.3 is 6.18 Å². The summed E-state index contributed by atoms with van der Waals surface area (Å²) in [6, 6.07) is 59.4. The molecule has 6 aromatic heterocycles. The zero-order chi connectivity index (χ0) is 108. The number of carbonyl (C=O) groups is 1. The number of anilines is 3. The van der Waals surface area contributed by atoms with Gasteiger partial charge in [-0.1, -0.05) is 202 Å². The number of sulfone groups is 6. The molecule has 12 aromatic rings. The number of carbonyl (C=O) groups excluding carboxylic acids is 1. The third kappa shape index (κ3) is 39.6. The Bertz CT molecular complexity index is 6640. The smallest absolute Gasteiger partial charge is 0.370 e. The van der Waals surface area contributed by atoms with Crippen LogP contribution in [0.1, 0.15) is 249 Å². The molecule has 6 heterocycles. The summed E-state index contributed by atoms with van der Waals surface area (Å²) in [6.45, 7) is 59.6. The Balaban J connectivity index is 0.000000334. The van der Waals surface area contributed by atoms with Crippen LogP contribution in [0, 0.1) is 36.0 Å². The molecule has 0 spiro atoms. The molecule has 6 aromatic carbocycles. The Kier molecular flexibility index (Phi) is 45.6. The topological polar surface area (TPSA) is 297 Å². The van der Waals surface area contributed by atoms with Crippen LogP contribution in [0.3, 0.4) is 0 Å². The fourth-order valence-electron chi connectivity index (χ4n) is 12.1. The highest BCUT2D eigenvalue weighted by Crippen LogP contribution is 2.39. The highest BCUT2D eigenvalue weighted by Gasteiger charge is 2.42. The molecule has 12 rings (SSSR count). The third-order valence-corrected chi connectivity index (χ3v) is 39.0. The quantitative estimate of drug-likeness (QED) is 0.0672. The summed E-state index contributed by atoms with van der Waals surface area (Å²) >= 11 is 16.3. The maximum absolute atomic E-state index is 12.7. The molecule has 0 aliphatic heterocycles. The summed E-state index contributed by atoms with van der Waals surface area (Å²) in [5, 5.41) is 18.2. The second-order valence-electron chi connectivity index (χ2n) is 43.6. The Morgan fingerprint density at radius 1 is 0.359 bits per heavy atom. The minimum Gasteiger partial charge on any atom is -0.370 e. The predicted molar refractivity (Wildman–Crippen MR) is 590 cm³/mol. The zero-order valence-electron chi connectivity index (χ0n) is 87.9. The first-order valence-corrected chi connectivity index (χ1v) is 58.4. The summed E-state index contributed by atoms with van der Waals surface area (Å²) in [5.41, 5.74) is 4.36. The molecule has 19 nitrogen and oxygen atoms in total. The van der Waals surface area contributed by atoms with Crippen molar-refractivity contribution in [1.29, 1.82) is 0 Å². The van der Waals surface area contributed by atoms with E-state index in [9.17, 15) is 68.5 Å². The van der Waals surface area contributed by atoms with Crippen molar-refractivity contribution in [2.75, 3.05) is 22.5 Å². The van der Waals surface area contributed by atoms with Crippen molar-refractivity contribution in [3.8, 4) is 0 Å². The van der Waals surface area contributed by atoms with Crippen molar-refractivity contribution < 1.29 is 68.5 Å². The summed E-state index contributed by atoms with van der Waals surface area (Å²) in [4.78, 5) is 28.5. The van der Waals surface area contributed by atoms with Gasteiger partial charge in [0.15, 0.2) is 64.8 Å². The lowest BCUT2D eigenvalue weighted by Crippen LogP contribution is -2.29. The van der Waals surface area contributed by atoms with Crippen molar-refractivity contribution in [3.05, 3.63) is 294 Å². The molecular weight excluding hydrogens is 2020 g/mol. The van der Waals surface area contributed by atoms with Gasteiger partial charge in [0.05, 0.1) is 71.6 Å². The normalized spacial score (nSPS) is 12.5. The molecule has 33 heteroatoms. The van der Waals surface area contributed by atoms with E-state index in [0.29, 0.717) is 51.3 Å². The van der Waals surface area contributed by atoms with Crippen LogP contribution < -0.4 is 16.0 Å². The van der Waals surface area contributed by atoms with Crippen LogP contribution >= 0.6 is 57.2 Å². The van der Waals surface area contributed by atoms with Crippen LogP contribution in [-0.2, 0) is 91.1 Å². The number of ketones is 1. The van der Waals surface area contributed by atoms with E-state index in [1.807, 2.05) is 108 Å². The van der Waals surface area contributed by atoms with Gasteiger partial charge in [-0.05, 0) is 315 Å². The number of hydrogen-bond donors (Lipinski definition) is 3. The van der Waals surface area contributed by atoms with Gasteiger partial charge in [0.25, 0.3) is 0 Å². The number of benzene rings is 6. The Morgan fingerprint density at radius 3 is 1.07 bits per heavy atom. The fourth-order valence-corrected chi connectivity index (χ4v) is 23.4. The number of fused-ring (bicyclic) bond motifs is 1. The number of thiophene rings is 3. The van der Waals surface area contributed by atoms with E-state index in [1.165, 1.54) is 83.3 Å². The van der Waals surface area contributed by atoms with E-state index >= 15 is 0 Å². The first kappa shape index (κ1) is 126. The van der Waals surface area contributed by atoms with Crippen LogP contribution in [0.2, 0.25) is 10.0 Å². The molecule has 780 valence electrons. The molecule has 0 radical (unpaired) electrons. The molecule has 142 heavy (non-hydrogen) atoms. The molecule has 0 saturated carbocycles. The molecule has 0 aliphatic rings. The Labute approximate surface area is 868 Å². The van der Waals surface area contributed by atoms with E-state index in [1.54, 1.807) is 199 Å². The minimum absolute atomic E-state index is 0.116. The summed E-state index contributed by atoms with van der Waals surface area (Å²) in [6.07, 6.45) is 3.06. The van der Waals surface area contributed by atoms with Crippen LogP contribution in [0.15, 0.2) is 270 Å². The third-order valence-electron chi connectivity index (χ3n) is 20.4. The summed E-state index contributed by atoms with van der Waals surface area (Å²) < 4.78 is 178. The van der Waals surface area contributed by atoms with Gasteiger partial charge in [-0.25, -0.2) is 65.5 Å². The minimum atomic E-state index is -4.67. The predicted octanol–water partition coefficient (Wildman–Crippen LogP) is 29.8. The number of rotatable bonds is 18. The number of alkyl halides is 3. The number of hydrogen-bond acceptors (Lipinski definition) is 22. The van der Waals surface area contributed by atoms with Crippen molar-refractivity contribution >= 4 is 150 Å². The van der Waals surface area contributed by atoms with Crippen LogP contribution in [0.4, 0.5) is 30.6 Å². The molecule has 0 bridgehead atoms. The van der Waals surface area contributed by atoms with Crippen LogP contribution in [0.25, 0.3) is 10.8 Å². The average Bonchev–Trinajstić information content (AvgIpc) is 0.806. The molecular formula is C109H147Cl2F3N6O13S9. The number of Topliss-reactive ketones (excluding diaryl/α,β-unsaturated/α-hetero) is 1. The van der Waals surface area contributed by atoms with E-state index in [2.05, 4.69) is 140 Å². The number of halogens is 5. The summed E-state index contributed by atoms with van der Waals surface area (Å²) in [5.74, 6) is 3.48. The molecule has 0 saturated heterocycles. The van der Waals surface area contributed by atoms with Crippen LogP contribution in [0.5, 0.6) is 0 Å². The molecule has 0 unspecified atom stereocenters. The van der Waals surface area contributed by atoms with Gasteiger partial charge in [0.1, 0.15) is 21.7 Å². The van der Waals surface area contributed by atoms with Gasteiger partial charge < -0.3 is 16.0 Å². The van der Waals surface area contributed by atoms with Crippen LogP contribution in [-0.4, -0.2) is 106 Å². The zero-order valence-corrected chi connectivity index (χ0v) is 96.8. The number of aromatic nitrogens is 3. The van der Waals surface area contributed by atoms with E-state index in [4.69, 9.17) is 23.2 Å². The number of pyridine rings is 3. The highest BCUT2D eigenvalue weighted by molar-refractivity contribution is 7.95. The fraction of sp³-hybridized carbons (Fsp3) is 0.431. The average molecular weight is 2170 g/mol. The van der Waals surface area contributed by atoms with E-state index in [0.717, 1.165) is 84.0 Å². The Morgan fingerprint density at radius 2 is 0.718 bits per heavy atom. The first-order valence-electron chi connectivity index (χ1n) is 46.1. The van der Waals surface area contributed by atoms with Crippen molar-refractivity contribution in [1.82, 2.24) is 15.0 Å². The molecule has 0 fully saturated rings. The lowest BCUT2D eigenvalue weighted by atomic mass is 9.87. The first-order chi connectivity index (χ1) is 64.7. The molecule has 0 aliphatic carbocycles. The summed E-state index contributed by atoms with van der Waals surface area (Å²) in [7, 11) is -20.2. The van der Waals surface area contributed by atoms with Gasteiger partial charge in [0, 0.05) is 61.3 Å². The lowest BCUT2D eigenvalue weighted by molar-refractivity contribution is -0.139. The number of nitrogens with zero attached hydrogens (tertiary/aromatic N) is 3. The highest BCUT2D eigenvalue weighted by atomic mass is 35.5. The van der Waals surface area contributed by atoms with Crippen molar-refractivity contribution in [3.63, 3.8) is 0 Å². The maximum atomic E-state index is 12.7. The van der Waals surface area contributed by atoms with Crippen molar-refractivity contribution in [2.24, 2.45) is 22.2 Å². The number of aryl methyl sites for hydroxylation is 2. The standard InChI is InChI=1S/C15H18N2OS.C15H20N2S.C14H24N2.C14H16O2S.C11H13F3O2S.2C11H16O2S.C10H12Cl2O2S.C8H12O2S2/c1-15(2,3)14(18)11-6-7-13(16-9-11)17-10-12-5-4-8-19-12;1-15(2,3)9-12-6-7-14(16-10-12)17-11-13-5-4-8-18-13;1-11(2)9-15-13-7-6-12(10-16-13)8-14(3,4)5;1-14(2,3)17(15,16)13-10-6-8-11-7-4-5-9-12(11)13;1-10(2,3)17(15,16)9-7-5-4-6-8(9)11(12,13)14;2*1-9-6-5-7-10(8-9)14(12,13)11(2,3)4;1-10(2,3)15(13,14)9-5-7(11)4-8(12)6-9;1-8(2,3)12(9,10)7-5-4-6-11-7/h4-9H,10H2,1-3H3,(H,16,17);4-8,10H,9,11H2,1-3H3,(H,16,17);6-7,10-11H,8-9H2,1-5H3,(H,15,16);4-10H,1-3H3;4-7H,1-3H3;2*5-8H,1-4H3;4-6H,1-3H3;4-6H,1-3H3. The Hall–Kier alpha value is -8.73. The van der Waals surface area contributed by atoms with E-state index in [-0.39, 0.29) is 16.1 Å². The van der Waals surface area contributed by atoms with Gasteiger partial charge in [-0.3, -0.25) is 4.79 Å². The van der Waals surface area contributed by atoms with Gasteiger partial charge in [0.2, 0.25) is 0 Å². The van der Waals surface area contributed by atoms with Crippen molar-refractivity contribution in [2.45, 2.75) is 304 Å². The van der Waals surface area contributed by atoms with Gasteiger partial charge in [-0.2, -0.15) is 13.2 Å². The SMILES string of the molecule is CC(C)(C)C(=O)c1ccc(NCc2cccs2)nc1.CC(C)(C)Cc1ccc(NCc2cccs2)nc1.CC(C)(C)S(=O)(=O)c1cc(Cl)cc(Cl)c1.CC(C)(C)S(=O)(=O)c1cccc2ccccc12.CC(C)(C)S(=O)(=O)c1ccccc1C(F)(F)F.CC(C)(C)S(=O)(=O)c1cccs1.CC(C)CNc1ccc(CC(C)(C)C)cn1.Cc1cccc(S(=O)(=O)C(C)(C)C)c1.Cc1cccc(S(=O)(=O)C(C)(C)C)c1. The molecule has 3 N–H and O–H groups in total. The lowest BCUT2D eigenvalue weighted by Gasteiger charge is -2.22. The molecule has 0 amide bonds. The number of nitrogens with one attached hydrogen (secondary N) is 3. The maximum Gasteiger partial charge on any atom is 0.417 e. The van der Waals surface area contributed by atoms with E-state index < -0.39 is 104 Å². The monoisotopic (exact) mass is 2160 g/mol. The second-order valence-corrected chi connectivity index (χ2v) is 63.8. The largest absolute Gasteiger partial charge is 0.417 e. The van der Waals surface area contributed by atoms with Gasteiger partial charge in [-0.15, -0.1) is 34.0 Å². The second kappa shape index (κ2) is 51.6. The molecule has 0 atom stereocenters.